The van der Waals surface area contributed by atoms with E-state index in [1.54, 1.807) is 4.90 Å². The van der Waals surface area contributed by atoms with Crippen LogP contribution in [0.15, 0.2) is 12.3 Å². The summed E-state index contributed by atoms with van der Waals surface area (Å²) in [6, 6.07) is 1.16. The predicted octanol–water partition coefficient (Wildman–Crippen LogP) is 1.89. The topological polar surface area (TPSA) is 65.5 Å². The van der Waals surface area contributed by atoms with E-state index in [9.17, 15) is 14.3 Å². The van der Waals surface area contributed by atoms with Gasteiger partial charge in [0, 0.05) is 19.3 Å². The summed E-state index contributed by atoms with van der Waals surface area (Å²) in [5.74, 6) is -0.665. The van der Waals surface area contributed by atoms with Crippen molar-refractivity contribution in [3.8, 4) is 0 Å². The van der Waals surface area contributed by atoms with Crippen LogP contribution in [0, 0.1) is 11.7 Å². The minimum absolute atomic E-state index is 0.0103. The molecule has 1 saturated heterocycles. The molecule has 1 aromatic heterocycles. The SMILES string of the molecule is CCCNc1nccc(C(=O)N2CCC(C)C2CO)c1F. The third kappa shape index (κ3) is 3.15. The Morgan fingerprint density at radius 1 is 1.62 bits per heavy atom. The van der Waals surface area contributed by atoms with Crippen LogP contribution in [0.3, 0.4) is 0 Å². The molecule has 0 aromatic carbocycles. The lowest BCUT2D eigenvalue weighted by Gasteiger charge is -2.25. The van der Waals surface area contributed by atoms with Crippen molar-refractivity contribution >= 4 is 11.7 Å². The smallest absolute Gasteiger partial charge is 0.257 e. The number of carbonyl (C=O) groups excluding carboxylic acids is 1. The second kappa shape index (κ2) is 6.85. The summed E-state index contributed by atoms with van der Waals surface area (Å²) in [7, 11) is 0. The number of aliphatic hydroxyl groups is 1. The standard InChI is InChI=1S/C15H22FN3O2/c1-3-6-17-14-13(16)11(4-7-18-14)15(21)19-8-5-10(2)12(19)9-20/h4,7,10,12,20H,3,5-6,8-9H2,1-2H3,(H,17,18). The Morgan fingerprint density at radius 2 is 2.38 bits per heavy atom. The first-order valence-corrected chi connectivity index (χ1v) is 7.40. The zero-order valence-corrected chi connectivity index (χ0v) is 12.5. The Kier molecular flexibility index (Phi) is 5.12. The van der Waals surface area contributed by atoms with Gasteiger partial charge in [-0.2, -0.15) is 0 Å². The van der Waals surface area contributed by atoms with Crippen LogP contribution in [0.4, 0.5) is 10.2 Å². The van der Waals surface area contributed by atoms with E-state index in [1.807, 2.05) is 13.8 Å². The number of rotatable bonds is 5. The lowest BCUT2D eigenvalue weighted by molar-refractivity contribution is 0.0643. The molecule has 0 spiro atoms. The molecule has 0 saturated carbocycles. The number of halogens is 1. The third-order valence-electron chi connectivity index (χ3n) is 3.99. The third-order valence-corrected chi connectivity index (χ3v) is 3.99. The molecule has 0 aliphatic carbocycles. The summed E-state index contributed by atoms with van der Waals surface area (Å²) < 4.78 is 14.4. The van der Waals surface area contributed by atoms with E-state index in [2.05, 4.69) is 10.3 Å². The molecule has 0 bridgehead atoms. The largest absolute Gasteiger partial charge is 0.394 e. The van der Waals surface area contributed by atoms with Crippen LogP contribution in [-0.2, 0) is 0 Å². The fourth-order valence-corrected chi connectivity index (χ4v) is 2.67. The van der Waals surface area contributed by atoms with Gasteiger partial charge in [0.15, 0.2) is 11.6 Å². The van der Waals surface area contributed by atoms with Gasteiger partial charge in [-0.25, -0.2) is 9.37 Å². The predicted molar refractivity (Wildman–Crippen MR) is 78.7 cm³/mol. The van der Waals surface area contributed by atoms with E-state index in [-0.39, 0.29) is 35.9 Å². The molecule has 1 aromatic rings. The molecule has 0 radical (unpaired) electrons. The maximum absolute atomic E-state index is 14.4. The highest BCUT2D eigenvalue weighted by Gasteiger charge is 2.35. The first-order valence-electron chi connectivity index (χ1n) is 7.40. The second-order valence-electron chi connectivity index (χ2n) is 5.46. The number of aliphatic hydroxyl groups excluding tert-OH is 1. The number of aromatic nitrogens is 1. The Hall–Kier alpha value is -1.69. The molecule has 1 aliphatic heterocycles. The Labute approximate surface area is 124 Å². The molecule has 2 heterocycles. The number of carbonyl (C=O) groups is 1. The Balaban J connectivity index is 2.23. The lowest BCUT2D eigenvalue weighted by atomic mass is 10.0. The normalized spacial score (nSPS) is 21.6. The van der Waals surface area contributed by atoms with Gasteiger partial charge >= 0.3 is 0 Å². The molecule has 2 unspecified atom stereocenters. The fraction of sp³-hybridized carbons (Fsp3) is 0.600. The van der Waals surface area contributed by atoms with Crippen molar-refractivity contribution in [3.63, 3.8) is 0 Å². The number of amides is 1. The molecule has 2 rings (SSSR count). The second-order valence-corrected chi connectivity index (χ2v) is 5.46. The van der Waals surface area contributed by atoms with Crippen molar-refractivity contribution in [2.75, 3.05) is 25.0 Å². The number of hydrogen-bond donors (Lipinski definition) is 2. The van der Waals surface area contributed by atoms with Crippen molar-refractivity contribution in [1.82, 2.24) is 9.88 Å². The van der Waals surface area contributed by atoms with E-state index >= 15 is 0 Å². The average molecular weight is 295 g/mol. The highest BCUT2D eigenvalue weighted by atomic mass is 19.1. The lowest BCUT2D eigenvalue weighted by Crippen LogP contribution is -2.40. The summed E-state index contributed by atoms with van der Waals surface area (Å²) in [6.45, 7) is 5.01. The number of likely N-dealkylation sites (tertiary alicyclic amines) is 1. The van der Waals surface area contributed by atoms with Gasteiger partial charge in [0.1, 0.15) is 0 Å². The Morgan fingerprint density at radius 3 is 3.05 bits per heavy atom. The van der Waals surface area contributed by atoms with E-state index in [1.165, 1.54) is 12.3 Å². The molecule has 2 atom stereocenters. The average Bonchev–Trinajstić information content (AvgIpc) is 2.86. The van der Waals surface area contributed by atoms with E-state index in [0.29, 0.717) is 13.1 Å². The highest BCUT2D eigenvalue weighted by molar-refractivity contribution is 5.95. The van der Waals surface area contributed by atoms with Crippen LogP contribution in [0.1, 0.15) is 37.0 Å². The van der Waals surface area contributed by atoms with E-state index in [4.69, 9.17) is 0 Å². The summed E-state index contributed by atoms with van der Waals surface area (Å²) in [5, 5.41) is 12.3. The number of hydrogen-bond acceptors (Lipinski definition) is 4. The van der Waals surface area contributed by atoms with Gasteiger partial charge in [-0.3, -0.25) is 4.79 Å². The molecule has 21 heavy (non-hydrogen) atoms. The molecule has 116 valence electrons. The van der Waals surface area contributed by atoms with E-state index in [0.717, 1.165) is 12.8 Å². The van der Waals surface area contributed by atoms with Crippen molar-refractivity contribution in [1.29, 1.82) is 0 Å². The van der Waals surface area contributed by atoms with Crippen molar-refractivity contribution in [2.24, 2.45) is 5.92 Å². The number of pyridine rings is 1. The van der Waals surface area contributed by atoms with Crippen LogP contribution in [0.5, 0.6) is 0 Å². The van der Waals surface area contributed by atoms with Gasteiger partial charge in [0.2, 0.25) is 0 Å². The Bertz CT molecular complexity index is 510. The molecule has 6 heteroatoms. The van der Waals surface area contributed by atoms with Gasteiger partial charge in [-0.05, 0) is 24.8 Å². The minimum Gasteiger partial charge on any atom is -0.394 e. The van der Waals surface area contributed by atoms with Crippen LogP contribution in [-0.4, -0.2) is 46.6 Å². The molecular formula is C15H22FN3O2. The number of anilines is 1. The maximum Gasteiger partial charge on any atom is 0.257 e. The van der Waals surface area contributed by atoms with Crippen molar-refractivity contribution < 1.29 is 14.3 Å². The zero-order valence-electron chi connectivity index (χ0n) is 12.5. The monoisotopic (exact) mass is 295 g/mol. The molecule has 5 nitrogen and oxygen atoms in total. The number of nitrogens with one attached hydrogen (secondary N) is 1. The first-order chi connectivity index (χ1) is 10.1. The van der Waals surface area contributed by atoms with Gasteiger partial charge in [0.05, 0.1) is 18.2 Å². The van der Waals surface area contributed by atoms with Gasteiger partial charge in [-0.1, -0.05) is 13.8 Å². The number of nitrogens with zero attached hydrogens (tertiary/aromatic N) is 2. The van der Waals surface area contributed by atoms with E-state index < -0.39 is 5.82 Å². The minimum atomic E-state index is -0.618. The van der Waals surface area contributed by atoms with Crippen LogP contribution >= 0.6 is 0 Å². The molecule has 1 fully saturated rings. The van der Waals surface area contributed by atoms with Crippen LogP contribution in [0.2, 0.25) is 0 Å². The van der Waals surface area contributed by atoms with Gasteiger partial charge in [-0.15, -0.1) is 0 Å². The summed E-state index contributed by atoms with van der Waals surface area (Å²) in [6.07, 6.45) is 3.10. The van der Waals surface area contributed by atoms with Gasteiger partial charge in [0.25, 0.3) is 5.91 Å². The molecule has 1 amide bonds. The summed E-state index contributed by atoms with van der Waals surface area (Å²) in [4.78, 5) is 18.0. The molecular weight excluding hydrogens is 273 g/mol. The highest BCUT2D eigenvalue weighted by Crippen LogP contribution is 2.26. The first kappa shape index (κ1) is 15.7. The van der Waals surface area contributed by atoms with Crippen LogP contribution < -0.4 is 5.32 Å². The van der Waals surface area contributed by atoms with Gasteiger partial charge < -0.3 is 15.3 Å². The van der Waals surface area contributed by atoms with Crippen LogP contribution in [0.25, 0.3) is 0 Å². The summed E-state index contributed by atoms with van der Waals surface area (Å²) >= 11 is 0. The maximum atomic E-state index is 14.4. The zero-order chi connectivity index (χ0) is 15.4. The molecule has 2 N–H and O–H groups in total. The summed E-state index contributed by atoms with van der Waals surface area (Å²) in [5.41, 5.74) is 0.0103. The molecule has 1 aliphatic rings. The van der Waals surface area contributed by atoms with Crippen molar-refractivity contribution in [2.45, 2.75) is 32.7 Å². The van der Waals surface area contributed by atoms with Crippen molar-refractivity contribution in [3.05, 3.63) is 23.6 Å². The quantitative estimate of drug-likeness (QED) is 0.870. The fourth-order valence-electron chi connectivity index (χ4n) is 2.67.